The highest BCUT2D eigenvalue weighted by molar-refractivity contribution is 7.99. The first-order valence-electron chi connectivity index (χ1n) is 8.11. The van der Waals surface area contributed by atoms with Gasteiger partial charge in [-0.25, -0.2) is 15.0 Å². The van der Waals surface area contributed by atoms with Gasteiger partial charge in [-0.1, -0.05) is 11.6 Å². The van der Waals surface area contributed by atoms with Crippen LogP contribution in [0.4, 0.5) is 13.2 Å². The van der Waals surface area contributed by atoms with E-state index in [9.17, 15) is 13.2 Å². The van der Waals surface area contributed by atoms with Crippen LogP contribution in [0.2, 0.25) is 5.02 Å². The Labute approximate surface area is 171 Å². The Hall–Kier alpha value is -2.98. The molecule has 0 radical (unpaired) electrons. The summed E-state index contributed by atoms with van der Waals surface area (Å²) in [5.74, 6) is 0.404. The molecule has 3 heterocycles. The number of H-pyrrole nitrogens is 1. The summed E-state index contributed by atoms with van der Waals surface area (Å²) in [6.45, 7) is 0. The highest BCUT2D eigenvalue weighted by Gasteiger charge is 2.34. The summed E-state index contributed by atoms with van der Waals surface area (Å²) in [5.41, 5.74) is 0.116. The zero-order chi connectivity index (χ0) is 20.4. The van der Waals surface area contributed by atoms with Crippen LogP contribution in [0.5, 0.6) is 0 Å². The normalized spacial score (nSPS) is 11.6. The zero-order valence-corrected chi connectivity index (χ0v) is 15.9. The molecule has 6 nitrogen and oxygen atoms in total. The van der Waals surface area contributed by atoms with Crippen LogP contribution in [-0.4, -0.2) is 30.1 Å². The number of aromatic nitrogens is 6. The number of hydrogen-bond donors (Lipinski definition) is 1. The van der Waals surface area contributed by atoms with E-state index in [4.69, 9.17) is 11.6 Å². The van der Waals surface area contributed by atoms with E-state index in [1.165, 1.54) is 24.5 Å². The summed E-state index contributed by atoms with van der Waals surface area (Å²) < 4.78 is 39.9. The van der Waals surface area contributed by atoms with Crippen LogP contribution in [0, 0.1) is 0 Å². The van der Waals surface area contributed by atoms with Crippen molar-refractivity contribution in [3.05, 3.63) is 65.6 Å². The van der Waals surface area contributed by atoms with E-state index in [2.05, 4.69) is 30.1 Å². The Morgan fingerprint density at radius 2 is 1.62 bits per heavy atom. The molecule has 0 aliphatic carbocycles. The van der Waals surface area contributed by atoms with Gasteiger partial charge in [0.05, 0.1) is 0 Å². The molecule has 1 aromatic carbocycles. The zero-order valence-electron chi connectivity index (χ0n) is 14.4. The Morgan fingerprint density at radius 1 is 0.897 bits per heavy atom. The molecule has 0 aliphatic heterocycles. The maximum atomic E-state index is 13.3. The van der Waals surface area contributed by atoms with Crippen LogP contribution in [0.3, 0.4) is 0 Å². The molecule has 1 N–H and O–H groups in total. The molecule has 0 atom stereocenters. The number of hydrogen-bond acceptors (Lipinski definition) is 6. The van der Waals surface area contributed by atoms with Crippen molar-refractivity contribution in [1.29, 1.82) is 0 Å². The van der Waals surface area contributed by atoms with Crippen LogP contribution in [0.25, 0.3) is 22.8 Å². The molecule has 0 aliphatic rings. The van der Waals surface area contributed by atoms with Gasteiger partial charge in [0.2, 0.25) is 5.16 Å². The van der Waals surface area contributed by atoms with Crippen molar-refractivity contribution >= 4 is 23.4 Å². The lowest BCUT2D eigenvalue weighted by Gasteiger charge is -2.09. The highest BCUT2D eigenvalue weighted by atomic mass is 35.5. The van der Waals surface area contributed by atoms with Crippen LogP contribution in [0.1, 0.15) is 5.69 Å². The molecule has 11 heteroatoms. The molecule has 0 spiro atoms. The standard InChI is InChI=1S/C18H10ClF3N6S/c19-12-3-1-10(2-4-12)16-26-17(28-27-16)29-14-9-13(18(20,21)22)24-15(25-14)11-5-7-23-8-6-11/h1-9H,(H,26,27,28). The maximum absolute atomic E-state index is 13.3. The van der Waals surface area contributed by atoms with E-state index in [0.29, 0.717) is 16.4 Å². The van der Waals surface area contributed by atoms with Gasteiger partial charge >= 0.3 is 6.18 Å². The molecule has 29 heavy (non-hydrogen) atoms. The van der Waals surface area contributed by atoms with Gasteiger partial charge in [-0.3, -0.25) is 10.1 Å². The minimum Gasteiger partial charge on any atom is -0.265 e. The van der Waals surface area contributed by atoms with Gasteiger partial charge < -0.3 is 0 Å². The van der Waals surface area contributed by atoms with Crippen molar-refractivity contribution in [3.63, 3.8) is 0 Å². The molecular formula is C18H10ClF3N6S. The molecule has 3 aromatic heterocycles. The fourth-order valence-electron chi connectivity index (χ4n) is 2.38. The molecule has 0 saturated heterocycles. The third kappa shape index (κ3) is 4.54. The first kappa shape index (κ1) is 19.3. The van der Waals surface area contributed by atoms with E-state index in [1.807, 2.05) is 0 Å². The number of alkyl halides is 3. The molecule has 0 unspecified atom stereocenters. The van der Waals surface area contributed by atoms with Crippen molar-refractivity contribution in [2.75, 3.05) is 0 Å². The fraction of sp³-hybridized carbons (Fsp3) is 0.0556. The number of pyridine rings is 1. The molecule has 0 bridgehead atoms. The van der Waals surface area contributed by atoms with Crippen LogP contribution in [-0.2, 0) is 6.18 Å². The van der Waals surface area contributed by atoms with Crippen LogP contribution >= 0.6 is 23.4 Å². The summed E-state index contributed by atoms with van der Waals surface area (Å²) in [6, 6.07) is 10.9. The van der Waals surface area contributed by atoms with Crippen molar-refractivity contribution < 1.29 is 13.2 Å². The lowest BCUT2D eigenvalue weighted by atomic mass is 10.2. The molecule has 0 amide bonds. The Kier molecular flexibility index (Phi) is 5.20. The first-order chi connectivity index (χ1) is 13.9. The summed E-state index contributed by atoms with van der Waals surface area (Å²) in [4.78, 5) is 16.0. The first-order valence-corrected chi connectivity index (χ1v) is 9.31. The van der Waals surface area contributed by atoms with Gasteiger partial charge in [0.15, 0.2) is 11.6 Å². The van der Waals surface area contributed by atoms with Gasteiger partial charge in [0, 0.05) is 34.6 Å². The van der Waals surface area contributed by atoms with Crippen molar-refractivity contribution in [2.45, 2.75) is 16.4 Å². The van der Waals surface area contributed by atoms with Crippen molar-refractivity contribution in [2.24, 2.45) is 0 Å². The van der Waals surface area contributed by atoms with E-state index in [-0.39, 0.29) is 16.0 Å². The Balaban J connectivity index is 1.67. The number of nitrogens with one attached hydrogen (secondary N) is 1. The quantitative estimate of drug-likeness (QED) is 0.447. The molecule has 4 aromatic rings. The summed E-state index contributed by atoms with van der Waals surface area (Å²) in [6.07, 6.45) is -1.70. The van der Waals surface area contributed by atoms with E-state index in [1.54, 1.807) is 24.3 Å². The van der Waals surface area contributed by atoms with E-state index >= 15 is 0 Å². The predicted octanol–water partition coefficient (Wildman–Crippen LogP) is 5.15. The molecule has 0 saturated carbocycles. The van der Waals surface area contributed by atoms with Gasteiger partial charge in [-0.2, -0.15) is 13.2 Å². The van der Waals surface area contributed by atoms with Gasteiger partial charge in [-0.05, 0) is 48.2 Å². The number of nitrogens with zero attached hydrogens (tertiary/aromatic N) is 5. The number of halogens is 4. The smallest absolute Gasteiger partial charge is 0.265 e. The second kappa shape index (κ2) is 7.80. The molecular weight excluding hydrogens is 425 g/mol. The highest BCUT2D eigenvalue weighted by Crippen LogP contribution is 2.33. The third-order valence-corrected chi connectivity index (χ3v) is 4.75. The van der Waals surface area contributed by atoms with Gasteiger partial charge in [0.1, 0.15) is 10.7 Å². The minimum absolute atomic E-state index is 0.0572. The van der Waals surface area contributed by atoms with E-state index < -0.39 is 11.9 Å². The summed E-state index contributed by atoms with van der Waals surface area (Å²) in [7, 11) is 0. The fourth-order valence-corrected chi connectivity index (χ4v) is 3.22. The second-order valence-corrected chi connectivity index (χ2v) is 7.15. The summed E-state index contributed by atoms with van der Waals surface area (Å²) >= 11 is 6.77. The van der Waals surface area contributed by atoms with Crippen LogP contribution in [0.15, 0.2) is 65.0 Å². The third-order valence-electron chi connectivity index (χ3n) is 3.71. The van der Waals surface area contributed by atoms with Crippen LogP contribution < -0.4 is 0 Å². The number of rotatable bonds is 4. The van der Waals surface area contributed by atoms with Gasteiger partial charge in [-0.15, -0.1) is 5.10 Å². The van der Waals surface area contributed by atoms with Gasteiger partial charge in [0.25, 0.3) is 0 Å². The molecule has 0 fully saturated rings. The maximum Gasteiger partial charge on any atom is 0.433 e. The monoisotopic (exact) mass is 434 g/mol. The molecule has 146 valence electrons. The average molecular weight is 435 g/mol. The SMILES string of the molecule is FC(F)(F)c1cc(Sc2n[nH]c(-c3ccc(Cl)cc3)n2)nc(-c2ccncc2)n1. The number of benzene rings is 1. The average Bonchev–Trinajstić information content (AvgIpc) is 3.17. The minimum atomic E-state index is -4.62. The van der Waals surface area contributed by atoms with Crippen molar-refractivity contribution in [1.82, 2.24) is 30.1 Å². The van der Waals surface area contributed by atoms with Crippen molar-refractivity contribution in [3.8, 4) is 22.8 Å². The van der Waals surface area contributed by atoms with E-state index in [0.717, 1.165) is 23.4 Å². The predicted molar refractivity (Wildman–Crippen MR) is 101 cm³/mol. The topological polar surface area (TPSA) is 80.2 Å². The lowest BCUT2D eigenvalue weighted by molar-refractivity contribution is -0.141. The molecule has 4 rings (SSSR count). The second-order valence-electron chi connectivity index (χ2n) is 5.72. The number of aromatic amines is 1. The largest absolute Gasteiger partial charge is 0.433 e. The Bertz CT molecular complexity index is 1130. The summed E-state index contributed by atoms with van der Waals surface area (Å²) in [5, 5.41) is 7.67. The lowest BCUT2D eigenvalue weighted by Crippen LogP contribution is -2.10. The Morgan fingerprint density at radius 3 is 2.31 bits per heavy atom.